The van der Waals surface area contributed by atoms with Crippen molar-refractivity contribution in [3.63, 3.8) is 0 Å². The summed E-state index contributed by atoms with van der Waals surface area (Å²) in [6.45, 7) is 0.312. The van der Waals surface area contributed by atoms with E-state index < -0.39 is 13.0 Å². The van der Waals surface area contributed by atoms with Gasteiger partial charge in [-0.15, -0.1) is 0 Å². The topological polar surface area (TPSA) is 118 Å². The number of aromatic nitrogens is 1. The van der Waals surface area contributed by atoms with Crippen LogP contribution in [0.3, 0.4) is 0 Å². The van der Waals surface area contributed by atoms with Gasteiger partial charge in [-0.1, -0.05) is 24.3 Å². The third kappa shape index (κ3) is 4.37. The summed E-state index contributed by atoms with van der Waals surface area (Å²) in [5.41, 5.74) is 8.05. The van der Waals surface area contributed by atoms with E-state index >= 15 is 0 Å². The van der Waals surface area contributed by atoms with Crippen LogP contribution in [0.15, 0.2) is 54.9 Å². The molecule has 0 saturated carbocycles. The Kier molecular flexibility index (Phi) is 6.38. The number of rotatable bonds is 7. The molecule has 5 N–H and O–H groups in total. The first-order valence-corrected chi connectivity index (χ1v) is 8.86. The highest BCUT2D eigenvalue weighted by Gasteiger charge is 2.23. The van der Waals surface area contributed by atoms with Crippen molar-refractivity contribution in [1.29, 1.82) is 0 Å². The van der Waals surface area contributed by atoms with Gasteiger partial charge in [0.05, 0.1) is 12.5 Å². The fourth-order valence-electron chi connectivity index (χ4n) is 3.14. The number of carbonyl (C=O) groups excluding carboxylic acids is 1. The molecule has 1 amide bonds. The number of hydrogen-bond donors (Lipinski definition) is 4. The van der Waals surface area contributed by atoms with Crippen molar-refractivity contribution >= 4 is 34.9 Å². The Hall–Kier alpha value is -2.78. The average Bonchev–Trinajstić information content (AvgIpc) is 2.69. The SMILES string of the molecule is COCc1ccc(C(CN)C(=O)Nc2ccc3cnccc3c2)cc1B(O)O. The Morgan fingerprint density at radius 1 is 1.21 bits per heavy atom. The van der Waals surface area contributed by atoms with E-state index in [-0.39, 0.29) is 19.1 Å². The lowest BCUT2D eigenvalue weighted by atomic mass is 9.75. The van der Waals surface area contributed by atoms with E-state index in [2.05, 4.69) is 10.3 Å². The number of nitrogens with two attached hydrogens (primary N) is 1. The minimum absolute atomic E-state index is 0.0773. The number of nitrogens with one attached hydrogen (secondary N) is 1. The molecular formula is C20H22BN3O4. The maximum atomic E-state index is 12.8. The van der Waals surface area contributed by atoms with E-state index in [0.717, 1.165) is 10.8 Å². The number of nitrogens with zero attached hydrogens (tertiary/aromatic N) is 1. The highest BCUT2D eigenvalue weighted by atomic mass is 16.5. The molecule has 1 aromatic heterocycles. The zero-order valence-electron chi connectivity index (χ0n) is 15.5. The van der Waals surface area contributed by atoms with Crippen LogP contribution in [0.25, 0.3) is 10.8 Å². The predicted molar refractivity (Wildman–Crippen MR) is 109 cm³/mol. The van der Waals surface area contributed by atoms with Crippen LogP contribution in [0.4, 0.5) is 5.69 Å². The van der Waals surface area contributed by atoms with Crippen molar-refractivity contribution < 1.29 is 19.6 Å². The van der Waals surface area contributed by atoms with Crippen LogP contribution in [0.1, 0.15) is 17.0 Å². The van der Waals surface area contributed by atoms with E-state index in [4.69, 9.17) is 10.5 Å². The molecule has 1 heterocycles. The Morgan fingerprint density at radius 2 is 2.04 bits per heavy atom. The predicted octanol–water partition coefficient (Wildman–Crippen LogP) is 0.742. The van der Waals surface area contributed by atoms with Crippen LogP contribution in [-0.2, 0) is 16.1 Å². The van der Waals surface area contributed by atoms with E-state index in [9.17, 15) is 14.8 Å². The fourth-order valence-corrected chi connectivity index (χ4v) is 3.14. The van der Waals surface area contributed by atoms with Crippen LogP contribution in [0.2, 0.25) is 0 Å². The lowest BCUT2D eigenvalue weighted by molar-refractivity contribution is -0.117. The molecule has 3 aromatic rings. The van der Waals surface area contributed by atoms with Gasteiger partial charge in [0.1, 0.15) is 0 Å². The Labute approximate surface area is 163 Å². The van der Waals surface area contributed by atoms with Crippen LogP contribution in [0, 0.1) is 0 Å². The van der Waals surface area contributed by atoms with E-state index in [0.29, 0.717) is 22.3 Å². The number of benzene rings is 2. The highest BCUT2D eigenvalue weighted by molar-refractivity contribution is 6.59. The van der Waals surface area contributed by atoms with Gasteiger partial charge in [0, 0.05) is 37.1 Å². The van der Waals surface area contributed by atoms with Crippen molar-refractivity contribution in [3.05, 3.63) is 66.0 Å². The minimum atomic E-state index is -1.67. The normalized spacial score (nSPS) is 12.0. The number of fused-ring (bicyclic) bond motifs is 1. The van der Waals surface area contributed by atoms with Gasteiger partial charge in [-0.25, -0.2) is 0 Å². The number of carbonyl (C=O) groups is 1. The van der Waals surface area contributed by atoms with Gasteiger partial charge >= 0.3 is 7.12 Å². The number of anilines is 1. The van der Waals surface area contributed by atoms with Gasteiger partial charge in [0.2, 0.25) is 5.91 Å². The van der Waals surface area contributed by atoms with E-state index in [1.165, 1.54) is 7.11 Å². The van der Waals surface area contributed by atoms with Gasteiger partial charge in [-0.05, 0) is 40.2 Å². The molecule has 1 unspecified atom stereocenters. The number of ether oxygens (including phenoxy) is 1. The lowest BCUT2D eigenvalue weighted by Crippen LogP contribution is -2.35. The van der Waals surface area contributed by atoms with Gasteiger partial charge in [-0.3, -0.25) is 9.78 Å². The molecule has 7 nitrogen and oxygen atoms in total. The second kappa shape index (κ2) is 8.94. The summed E-state index contributed by atoms with van der Waals surface area (Å²) in [7, 11) is -0.141. The van der Waals surface area contributed by atoms with Crippen LogP contribution in [-0.4, -0.2) is 41.7 Å². The molecule has 1 atom stereocenters. The molecule has 0 aliphatic rings. The van der Waals surface area contributed by atoms with E-state index in [1.54, 1.807) is 36.7 Å². The van der Waals surface area contributed by atoms with Crippen molar-refractivity contribution in [2.45, 2.75) is 12.5 Å². The van der Waals surface area contributed by atoms with Crippen molar-refractivity contribution in [1.82, 2.24) is 4.98 Å². The summed E-state index contributed by atoms with van der Waals surface area (Å²) in [6.07, 6.45) is 3.45. The zero-order valence-corrected chi connectivity index (χ0v) is 15.5. The molecule has 0 aliphatic heterocycles. The largest absolute Gasteiger partial charge is 0.488 e. The molecule has 0 radical (unpaired) electrons. The van der Waals surface area contributed by atoms with Crippen molar-refractivity contribution in [2.75, 3.05) is 19.0 Å². The highest BCUT2D eigenvalue weighted by Crippen LogP contribution is 2.21. The Balaban J connectivity index is 1.85. The second-order valence-electron chi connectivity index (χ2n) is 6.48. The summed E-state index contributed by atoms with van der Waals surface area (Å²) < 4.78 is 5.08. The maximum Gasteiger partial charge on any atom is 0.488 e. The number of methoxy groups -OCH3 is 1. The minimum Gasteiger partial charge on any atom is -0.423 e. The molecule has 0 bridgehead atoms. The first-order chi connectivity index (χ1) is 13.5. The molecule has 144 valence electrons. The van der Waals surface area contributed by atoms with Gasteiger partial charge in [-0.2, -0.15) is 0 Å². The first-order valence-electron chi connectivity index (χ1n) is 8.86. The second-order valence-corrected chi connectivity index (χ2v) is 6.48. The average molecular weight is 379 g/mol. The molecule has 3 rings (SSSR count). The zero-order chi connectivity index (χ0) is 20.1. The Morgan fingerprint density at radius 3 is 2.75 bits per heavy atom. The molecule has 2 aromatic carbocycles. The standard InChI is InChI=1S/C20H22BN3O4/c1-28-12-16-3-2-14(9-19(16)21(26)27)18(10-22)20(25)24-17-5-4-15-11-23-7-6-13(15)8-17/h2-9,11,18,26-27H,10,12,22H2,1H3,(H,24,25). The third-order valence-corrected chi connectivity index (χ3v) is 4.61. The lowest BCUT2D eigenvalue weighted by Gasteiger charge is -2.18. The number of hydrogen-bond acceptors (Lipinski definition) is 6. The van der Waals surface area contributed by atoms with Gasteiger partial charge in [0.15, 0.2) is 0 Å². The molecule has 0 aliphatic carbocycles. The molecule has 28 heavy (non-hydrogen) atoms. The molecule has 8 heteroatoms. The summed E-state index contributed by atoms with van der Waals surface area (Å²) >= 11 is 0. The fraction of sp³-hybridized carbons (Fsp3) is 0.200. The molecule has 0 saturated heterocycles. The van der Waals surface area contributed by atoms with Crippen LogP contribution in [0.5, 0.6) is 0 Å². The summed E-state index contributed by atoms with van der Waals surface area (Å²) in [6, 6.07) is 12.5. The van der Waals surface area contributed by atoms with Gasteiger partial charge in [0.25, 0.3) is 0 Å². The summed E-state index contributed by atoms with van der Waals surface area (Å²) in [5.74, 6) is -0.906. The number of amides is 1. The van der Waals surface area contributed by atoms with Gasteiger partial charge < -0.3 is 25.8 Å². The maximum absolute atomic E-state index is 12.8. The monoisotopic (exact) mass is 379 g/mol. The quantitative estimate of drug-likeness (QED) is 0.450. The number of pyridine rings is 1. The van der Waals surface area contributed by atoms with E-state index in [1.807, 2.05) is 18.2 Å². The third-order valence-electron chi connectivity index (χ3n) is 4.61. The summed E-state index contributed by atoms with van der Waals surface area (Å²) in [5, 5.41) is 24.1. The first kappa shape index (κ1) is 20.0. The van der Waals surface area contributed by atoms with Crippen molar-refractivity contribution in [3.8, 4) is 0 Å². The van der Waals surface area contributed by atoms with Crippen LogP contribution < -0.4 is 16.5 Å². The molecular weight excluding hydrogens is 357 g/mol. The Bertz CT molecular complexity index is 981. The molecule has 0 spiro atoms. The summed E-state index contributed by atoms with van der Waals surface area (Å²) in [4.78, 5) is 16.9. The molecule has 0 fully saturated rings. The smallest absolute Gasteiger partial charge is 0.423 e. The van der Waals surface area contributed by atoms with Crippen LogP contribution >= 0.6 is 0 Å². The van der Waals surface area contributed by atoms with Crippen molar-refractivity contribution in [2.24, 2.45) is 5.73 Å².